The Bertz CT molecular complexity index is 917. The van der Waals surface area contributed by atoms with E-state index in [-0.39, 0.29) is 11.8 Å². The molecule has 1 aromatic heterocycles. The van der Waals surface area contributed by atoms with Crippen LogP contribution in [0.4, 0.5) is 0 Å². The molecule has 5 rings (SSSR count). The summed E-state index contributed by atoms with van der Waals surface area (Å²) in [5.41, 5.74) is 2.37. The number of fused-ring (bicyclic) bond motifs is 2. The highest BCUT2D eigenvalue weighted by Gasteiger charge is 2.41. The zero-order valence-electron chi connectivity index (χ0n) is 12.9. The van der Waals surface area contributed by atoms with Gasteiger partial charge in [-0.2, -0.15) is 5.10 Å². The maximum atomic E-state index is 12.2. The monoisotopic (exact) mass is 341 g/mol. The number of aromatic amines is 1. The molecule has 1 aliphatic heterocycles. The van der Waals surface area contributed by atoms with Crippen LogP contribution in [0, 0.1) is 5.92 Å². The van der Waals surface area contributed by atoms with Gasteiger partial charge in [0.2, 0.25) is 5.91 Å². The molecule has 0 spiro atoms. The molecular formula is C18H16ClN3O2. The normalized spacial score (nSPS) is 21.8. The average molecular weight is 342 g/mol. The summed E-state index contributed by atoms with van der Waals surface area (Å²) in [5.74, 6) is 0.470. The van der Waals surface area contributed by atoms with E-state index in [1.165, 1.54) is 0 Å². The van der Waals surface area contributed by atoms with E-state index in [1.807, 2.05) is 17.1 Å². The van der Waals surface area contributed by atoms with Crippen LogP contribution >= 0.6 is 11.6 Å². The zero-order chi connectivity index (χ0) is 16.5. The molecule has 1 saturated carbocycles. The van der Waals surface area contributed by atoms with Crippen LogP contribution in [0.25, 0.3) is 10.9 Å². The van der Waals surface area contributed by atoms with E-state index in [9.17, 15) is 9.90 Å². The number of nitrogens with one attached hydrogen (secondary N) is 1. The molecule has 5 nitrogen and oxygen atoms in total. The van der Waals surface area contributed by atoms with Crippen molar-refractivity contribution in [1.29, 1.82) is 0 Å². The predicted molar refractivity (Wildman–Crippen MR) is 90.5 cm³/mol. The van der Waals surface area contributed by atoms with Gasteiger partial charge in [0.1, 0.15) is 5.60 Å². The Morgan fingerprint density at radius 1 is 1.29 bits per heavy atom. The van der Waals surface area contributed by atoms with Gasteiger partial charge in [0.25, 0.3) is 0 Å². The van der Waals surface area contributed by atoms with Gasteiger partial charge in [-0.05, 0) is 48.3 Å². The number of hydrogen-bond acceptors (Lipinski definition) is 3. The van der Waals surface area contributed by atoms with Crippen molar-refractivity contribution in [3.05, 3.63) is 52.2 Å². The Balaban J connectivity index is 1.52. The standard InChI is InChI=1S/C18H16ClN3O2/c19-13-3-15(14-7-20-21-16(14)4-13)18(24)5-11-8-22(9-12(11)6-18)17(23)10-1-2-10/h3-7,10,24H,1-2,8-9H2,(H,20,21). The highest BCUT2D eigenvalue weighted by molar-refractivity contribution is 6.31. The Kier molecular flexibility index (Phi) is 2.80. The fourth-order valence-corrected chi connectivity index (χ4v) is 3.99. The summed E-state index contributed by atoms with van der Waals surface area (Å²) in [6.45, 7) is 1.16. The molecule has 0 unspecified atom stereocenters. The van der Waals surface area contributed by atoms with Crippen LogP contribution in [0.1, 0.15) is 18.4 Å². The Hall–Kier alpha value is -2.11. The first kappa shape index (κ1) is 14.3. The summed E-state index contributed by atoms with van der Waals surface area (Å²) in [5, 5.41) is 19.5. The number of likely N-dealkylation sites (tertiary alicyclic amines) is 1. The number of aliphatic hydroxyl groups is 1. The van der Waals surface area contributed by atoms with Crippen LogP contribution in [-0.2, 0) is 10.4 Å². The molecule has 2 N–H and O–H groups in total. The van der Waals surface area contributed by atoms with Gasteiger partial charge in [-0.15, -0.1) is 0 Å². The Morgan fingerprint density at radius 2 is 2.00 bits per heavy atom. The van der Waals surface area contributed by atoms with E-state index in [0.29, 0.717) is 23.7 Å². The number of nitrogens with zero attached hydrogens (tertiary/aromatic N) is 2. The number of halogens is 1. The van der Waals surface area contributed by atoms with Crippen molar-refractivity contribution in [2.24, 2.45) is 5.92 Å². The van der Waals surface area contributed by atoms with Crippen LogP contribution in [0.15, 0.2) is 41.6 Å². The minimum Gasteiger partial charge on any atom is -0.377 e. The van der Waals surface area contributed by atoms with Crippen LogP contribution in [0.5, 0.6) is 0 Å². The van der Waals surface area contributed by atoms with E-state index in [1.54, 1.807) is 18.3 Å². The molecule has 2 fully saturated rings. The average Bonchev–Trinajstić information content (AvgIpc) is 3.03. The third kappa shape index (κ3) is 2.05. The van der Waals surface area contributed by atoms with E-state index in [4.69, 9.17) is 11.6 Å². The summed E-state index contributed by atoms with van der Waals surface area (Å²) in [6, 6.07) is 3.57. The number of hydrogen-bond donors (Lipinski definition) is 2. The highest BCUT2D eigenvalue weighted by atomic mass is 35.5. The maximum absolute atomic E-state index is 12.2. The van der Waals surface area contributed by atoms with Gasteiger partial charge in [-0.3, -0.25) is 9.89 Å². The summed E-state index contributed by atoms with van der Waals surface area (Å²) in [6.07, 6.45) is 7.42. The van der Waals surface area contributed by atoms with Gasteiger partial charge >= 0.3 is 0 Å². The molecule has 0 bridgehead atoms. The van der Waals surface area contributed by atoms with Gasteiger partial charge in [-0.25, -0.2) is 0 Å². The quantitative estimate of drug-likeness (QED) is 0.882. The molecule has 2 aromatic rings. The number of carbonyl (C=O) groups is 1. The molecule has 0 atom stereocenters. The van der Waals surface area contributed by atoms with E-state index >= 15 is 0 Å². The number of rotatable bonds is 2. The Morgan fingerprint density at radius 3 is 2.67 bits per heavy atom. The Labute approximate surface area is 143 Å². The molecule has 6 heteroatoms. The lowest BCUT2D eigenvalue weighted by atomic mass is 9.92. The van der Waals surface area contributed by atoms with Crippen molar-refractivity contribution in [2.75, 3.05) is 13.1 Å². The second-order valence-electron chi connectivity index (χ2n) is 6.92. The molecule has 24 heavy (non-hydrogen) atoms. The van der Waals surface area contributed by atoms with E-state index in [2.05, 4.69) is 10.2 Å². The van der Waals surface area contributed by atoms with Crippen molar-refractivity contribution in [3.63, 3.8) is 0 Å². The summed E-state index contributed by atoms with van der Waals surface area (Å²) >= 11 is 6.20. The second-order valence-corrected chi connectivity index (χ2v) is 7.35. The number of carbonyl (C=O) groups excluding carboxylic acids is 1. The van der Waals surface area contributed by atoms with Gasteiger partial charge in [0.15, 0.2) is 0 Å². The smallest absolute Gasteiger partial charge is 0.226 e. The lowest BCUT2D eigenvalue weighted by Gasteiger charge is -2.22. The highest BCUT2D eigenvalue weighted by Crippen LogP contribution is 2.43. The van der Waals surface area contributed by atoms with Crippen molar-refractivity contribution < 1.29 is 9.90 Å². The van der Waals surface area contributed by atoms with E-state index < -0.39 is 5.60 Å². The first-order valence-electron chi connectivity index (χ1n) is 8.11. The largest absolute Gasteiger partial charge is 0.377 e. The second kappa shape index (κ2) is 4.71. The molecule has 1 amide bonds. The topological polar surface area (TPSA) is 69.2 Å². The number of amides is 1. The third-order valence-electron chi connectivity index (χ3n) is 5.12. The van der Waals surface area contributed by atoms with Crippen LogP contribution in [-0.4, -0.2) is 39.2 Å². The SMILES string of the molecule is O=C(C1CC1)N1CC2=CC(O)(c3cc(Cl)cc4[nH]ncc34)C=C2C1. The lowest BCUT2D eigenvalue weighted by molar-refractivity contribution is -0.131. The van der Waals surface area contributed by atoms with E-state index in [0.717, 1.165) is 34.9 Å². The van der Waals surface area contributed by atoms with Crippen LogP contribution in [0.3, 0.4) is 0 Å². The van der Waals surface area contributed by atoms with Crippen LogP contribution in [0.2, 0.25) is 5.02 Å². The molecule has 1 aromatic carbocycles. The number of benzene rings is 1. The maximum Gasteiger partial charge on any atom is 0.226 e. The molecule has 2 aliphatic carbocycles. The molecule has 1 saturated heterocycles. The van der Waals surface area contributed by atoms with Crippen molar-refractivity contribution in [1.82, 2.24) is 15.1 Å². The first-order valence-corrected chi connectivity index (χ1v) is 8.49. The van der Waals surface area contributed by atoms with Gasteiger partial charge in [-0.1, -0.05) is 11.6 Å². The van der Waals surface area contributed by atoms with Crippen LogP contribution < -0.4 is 0 Å². The first-order chi connectivity index (χ1) is 11.5. The minimum absolute atomic E-state index is 0.224. The van der Waals surface area contributed by atoms with Crippen molar-refractivity contribution in [2.45, 2.75) is 18.4 Å². The lowest BCUT2D eigenvalue weighted by Crippen LogP contribution is -2.30. The molecular weight excluding hydrogens is 326 g/mol. The molecule has 0 radical (unpaired) electrons. The number of H-pyrrole nitrogens is 1. The molecule has 122 valence electrons. The van der Waals surface area contributed by atoms with Gasteiger partial charge in [0, 0.05) is 35.0 Å². The van der Waals surface area contributed by atoms with Gasteiger partial charge < -0.3 is 10.0 Å². The fourth-order valence-electron chi connectivity index (χ4n) is 3.77. The molecule has 3 aliphatic rings. The van der Waals surface area contributed by atoms with Gasteiger partial charge in [0.05, 0.1) is 11.7 Å². The summed E-state index contributed by atoms with van der Waals surface area (Å²) in [4.78, 5) is 14.1. The summed E-state index contributed by atoms with van der Waals surface area (Å²) < 4.78 is 0. The van der Waals surface area contributed by atoms with Crippen molar-refractivity contribution >= 4 is 28.4 Å². The minimum atomic E-state index is -1.20. The third-order valence-corrected chi connectivity index (χ3v) is 5.33. The zero-order valence-corrected chi connectivity index (χ0v) is 13.7. The fraction of sp³-hybridized carbons (Fsp3) is 0.333. The summed E-state index contributed by atoms with van der Waals surface area (Å²) in [7, 11) is 0. The molecule has 2 heterocycles. The predicted octanol–water partition coefficient (Wildman–Crippen LogP) is 2.52. The van der Waals surface area contributed by atoms with Crippen molar-refractivity contribution in [3.8, 4) is 0 Å². The number of aromatic nitrogens is 2.